The molecule has 0 amide bonds. The van der Waals surface area contributed by atoms with Crippen molar-refractivity contribution in [2.24, 2.45) is 7.05 Å². The van der Waals surface area contributed by atoms with Crippen molar-refractivity contribution in [3.8, 4) is 0 Å². The first-order chi connectivity index (χ1) is 5.11. The lowest BCUT2D eigenvalue weighted by Crippen LogP contribution is -2.20. The van der Waals surface area contributed by atoms with E-state index in [1.54, 1.807) is 20.6 Å². The number of halogens is 2. The largest absolute Gasteiger partial charge is 0.349 e. The summed E-state index contributed by atoms with van der Waals surface area (Å²) >= 11 is 4.09. The van der Waals surface area contributed by atoms with Crippen LogP contribution < -0.4 is 7.02 Å². The summed E-state index contributed by atoms with van der Waals surface area (Å²) in [6, 6.07) is 1.78. The van der Waals surface area contributed by atoms with E-state index >= 15 is 0 Å². The van der Waals surface area contributed by atoms with Crippen molar-refractivity contribution in [3.63, 3.8) is 0 Å². The Balaban J connectivity index is 3.16. The van der Waals surface area contributed by atoms with Crippen LogP contribution >= 0.6 is 45.7 Å². The molecule has 1 aromatic rings. The van der Waals surface area contributed by atoms with Crippen LogP contribution in [0.15, 0.2) is 17.1 Å². The van der Waals surface area contributed by atoms with Gasteiger partial charge in [0.2, 0.25) is 0 Å². The lowest BCUT2D eigenvalue weighted by molar-refractivity contribution is 0.813. The highest BCUT2D eigenvalue weighted by atomic mass is 127. The van der Waals surface area contributed by atoms with Gasteiger partial charge in [-0.05, 0) is 6.07 Å². The molecular formula is C5H5I2N3O. The molecule has 0 aliphatic heterocycles. The topological polar surface area (TPSA) is 38.1 Å². The van der Waals surface area contributed by atoms with Crippen LogP contribution in [0.1, 0.15) is 0 Å². The molecule has 1 aromatic heterocycles. The number of anilines is 1. The fraction of sp³-hybridized carbons (Fsp3) is 0.200. The van der Waals surface area contributed by atoms with Crippen molar-refractivity contribution < 1.29 is 0 Å². The van der Waals surface area contributed by atoms with E-state index in [0.717, 1.165) is 0 Å². The van der Waals surface area contributed by atoms with Gasteiger partial charge in [0.15, 0.2) is 5.82 Å². The maximum absolute atomic E-state index is 11.0. The second-order valence-electron chi connectivity index (χ2n) is 1.91. The Labute approximate surface area is 91.6 Å². The molecule has 0 aliphatic carbocycles. The zero-order valence-corrected chi connectivity index (χ0v) is 9.98. The van der Waals surface area contributed by atoms with E-state index < -0.39 is 0 Å². The molecule has 0 radical (unpaired) electrons. The molecule has 0 bridgehead atoms. The third-order valence-electron chi connectivity index (χ3n) is 1.13. The summed E-state index contributed by atoms with van der Waals surface area (Å²) in [5, 5.41) is 0. The Morgan fingerprint density at radius 3 is 2.73 bits per heavy atom. The minimum absolute atomic E-state index is 0.235. The normalized spacial score (nSPS) is 9.73. The minimum Gasteiger partial charge on any atom is -0.302 e. The standard InChI is InChI=1S/C5H5I2N3O/c1-9-3-2-4(10(6)7)8-5(9)11/h2-3H,1H3. The lowest BCUT2D eigenvalue weighted by Gasteiger charge is -2.04. The zero-order valence-electron chi connectivity index (χ0n) is 5.66. The van der Waals surface area contributed by atoms with Crippen molar-refractivity contribution in [2.75, 3.05) is 1.33 Å². The van der Waals surface area contributed by atoms with E-state index in [-0.39, 0.29) is 5.69 Å². The summed E-state index contributed by atoms with van der Waals surface area (Å²) in [4.78, 5) is 14.8. The molecule has 0 unspecified atom stereocenters. The van der Waals surface area contributed by atoms with Crippen molar-refractivity contribution in [1.82, 2.24) is 9.55 Å². The van der Waals surface area contributed by atoms with Crippen LogP contribution in [0.25, 0.3) is 0 Å². The van der Waals surface area contributed by atoms with E-state index in [0.29, 0.717) is 5.82 Å². The highest BCUT2D eigenvalue weighted by molar-refractivity contribution is 14.2. The van der Waals surface area contributed by atoms with Crippen molar-refractivity contribution >= 4 is 51.5 Å². The van der Waals surface area contributed by atoms with Gasteiger partial charge in [0.05, 0.1) is 45.7 Å². The van der Waals surface area contributed by atoms with Gasteiger partial charge in [-0.2, -0.15) is 4.98 Å². The van der Waals surface area contributed by atoms with Crippen LogP contribution in [0.2, 0.25) is 0 Å². The summed E-state index contributed by atoms with van der Waals surface area (Å²) < 4.78 is 3.16. The first-order valence-corrected chi connectivity index (χ1v) is 4.69. The molecule has 0 spiro atoms. The lowest BCUT2D eigenvalue weighted by atomic mass is 10.6. The molecular weight excluding hydrogens is 372 g/mol. The molecule has 0 saturated carbocycles. The smallest absolute Gasteiger partial charge is 0.302 e. The maximum atomic E-state index is 11.0. The molecule has 0 saturated heterocycles. The SMILES string of the molecule is Cn1ccc(N(I)I)nc1=O. The first-order valence-electron chi connectivity index (χ1n) is 2.76. The van der Waals surface area contributed by atoms with Crippen LogP contribution in [-0.2, 0) is 7.05 Å². The summed E-state index contributed by atoms with van der Waals surface area (Å²) in [7, 11) is 1.67. The minimum atomic E-state index is -0.235. The Bertz CT molecular complexity index is 309. The van der Waals surface area contributed by atoms with Gasteiger partial charge in [0, 0.05) is 13.2 Å². The third-order valence-corrected chi connectivity index (χ3v) is 2.12. The second-order valence-corrected chi connectivity index (χ2v) is 5.69. The van der Waals surface area contributed by atoms with Crippen molar-refractivity contribution in [2.45, 2.75) is 0 Å². The molecule has 0 aromatic carbocycles. The molecule has 0 fully saturated rings. The number of aryl methyl sites for hydroxylation is 1. The summed E-state index contributed by atoms with van der Waals surface area (Å²) in [6.07, 6.45) is 1.69. The van der Waals surface area contributed by atoms with Gasteiger partial charge >= 0.3 is 5.69 Å². The highest BCUT2D eigenvalue weighted by Gasteiger charge is 2.00. The molecule has 60 valence electrons. The van der Waals surface area contributed by atoms with Crippen LogP contribution in [0, 0.1) is 0 Å². The van der Waals surface area contributed by atoms with Gasteiger partial charge in [-0.3, -0.25) is 0 Å². The van der Waals surface area contributed by atoms with E-state index in [1.165, 1.54) is 4.57 Å². The van der Waals surface area contributed by atoms with Crippen LogP contribution in [0.3, 0.4) is 0 Å². The van der Waals surface area contributed by atoms with Crippen LogP contribution in [0.5, 0.6) is 0 Å². The monoisotopic (exact) mass is 377 g/mol. The molecule has 4 nitrogen and oxygen atoms in total. The van der Waals surface area contributed by atoms with E-state index in [1.807, 2.05) is 45.7 Å². The van der Waals surface area contributed by atoms with E-state index in [2.05, 4.69) is 4.98 Å². The van der Waals surface area contributed by atoms with Gasteiger partial charge in [-0.25, -0.2) is 6.12 Å². The molecule has 0 N–H and O–H groups in total. The van der Waals surface area contributed by atoms with Crippen molar-refractivity contribution in [3.05, 3.63) is 22.7 Å². The number of aromatic nitrogens is 2. The number of hydrogen-bond donors (Lipinski definition) is 0. The second kappa shape index (κ2) is 3.70. The number of nitrogens with zero attached hydrogens (tertiary/aromatic N) is 3. The van der Waals surface area contributed by atoms with E-state index in [4.69, 9.17) is 0 Å². The number of rotatable bonds is 1. The average molecular weight is 377 g/mol. The van der Waals surface area contributed by atoms with Gasteiger partial charge < -0.3 is 4.57 Å². The first kappa shape index (κ1) is 9.23. The molecule has 6 heteroatoms. The van der Waals surface area contributed by atoms with Gasteiger partial charge in [-0.15, -0.1) is 0 Å². The van der Waals surface area contributed by atoms with Gasteiger partial charge in [-0.1, -0.05) is 0 Å². The van der Waals surface area contributed by atoms with Crippen molar-refractivity contribution in [1.29, 1.82) is 0 Å². The molecule has 0 aliphatic rings. The molecule has 1 rings (SSSR count). The fourth-order valence-corrected chi connectivity index (χ4v) is 1.09. The highest BCUT2D eigenvalue weighted by Crippen LogP contribution is 2.17. The summed E-state index contributed by atoms with van der Waals surface area (Å²) in [5.74, 6) is 0.661. The zero-order chi connectivity index (χ0) is 8.43. The predicted octanol–water partition coefficient (Wildman–Crippen LogP) is 1.29. The molecule has 11 heavy (non-hydrogen) atoms. The van der Waals surface area contributed by atoms with Crippen LogP contribution in [-0.4, -0.2) is 9.55 Å². The Hall–Kier alpha value is 0.140. The Kier molecular flexibility index (Phi) is 3.10. The van der Waals surface area contributed by atoms with Gasteiger partial charge in [0.1, 0.15) is 0 Å². The number of hydrogen-bond acceptors (Lipinski definition) is 3. The Morgan fingerprint density at radius 2 is 2.27 bits per heavy atom. The van der Waals surface area contributed by atoms with Gasteiger partial charge in [0.25, 0.3) is 0 Å². The quantitative estimate of drug-likeness (QED) is 0.547. The van der Waals surface area contributed by atoms with E-state index in [9.17, 15) is 4.79 Å². The maximum Gasteiger partial charge on any atom is 0.349 e. The summed E-state index contributed by atoms with van der Waals surface area (Å²) in [5.41, 5.74) is -0.235. The molecule has 0 atom stereocenters. The predicted molar refractivity (Wildman–Crippen MR) is 60.0 cm³/mol. The Morgan fingerprint density at radius 1 is 1.64 bits per heavy atom. The third kappa shape index (κ3) is 2.29. The summed E-state index contributed by atoms with van der Waals surface area (Å²) in [6.45, 7) is 0. The fourth-order valence-electron chi connectivity index (χ4n) is 0.551. The van der Waals surface area contributed by atoms with Crippen LogP contribution in [0.4, 0.5) is 5.82 Å². The molecule has 1 heterocycles. The average Bonchev–Trinajstić information content (AvgIpc) is 1.94.